The van der Waals surface area contributed by atoms with Gasteiger partial charge < -0.3 is 10.6 Å². The number of rotatable bonds is 3. The molecule has 1 saturated heterocycles. The third-order valence-corrected chi connectivity index (χ3v) is 4.03. The lowest BCUT2D eigenvalue weighted by Gasteiger charge is -2.17. The van der Waals surface area contributed by atoms with Gasteiger partial charge in [-0.3, -0.25) is 4.79 Å². The van der Waals surface area contributed by atoms with Gasteiger partial charge >= 0.3 is 0 Å². The highest BCUT2D eigenvalue weighted by atomic mass is 32.2. The van der Waals surface area contributed by atoms with Gasteiger partial charge in [0, 0.05) is 17.5 Å². The van der Waals surface area contributed by atoms with Gasteiger partial charge in [0.1, 0.15) is 0 Å². The van der Waals surface area contributed by atoms with Crippen molar-refractivity contribution in [2.24, 2.45) is 0 Å². The fourth-order valence-corrected chi connectivity index (χ4v) is 2.83. The molecule has 1 heterocycles. The Kier molecular flexibility index (Phi) is 5.08. The summed E-state index contributed by atoms with van der Waals surface area (Å²) in [6, 6.07) is 8.03. The van der Waals surface area contributed by atoms with E-state index < -0.39 is 0 Å². The van der Waals surface area contributed by atoms with E-state index in [-0.39, 0.29) is 11.9 Å². The van der Waals surface area contributed by atoms with Crippen molar-refractivity contribution in [2.75, 3.05) is 19.3 Å². The summed E-state index contributed by atoms with van der Waals surface area (Å²) in [5.74, 6) is 0.0497. The Hall–Kier alpha value is -1.00. The van der Waals surface area contributed by atoms with Gasteiger partial charge in [-0.2, -0.15) is 0 Å². The largest absolute Gasteiger partial charge is 0.348 e. The fraction of sp³-hybridized carbons (Fsp3) is 0.500. The van der Waals surface area contributed by atoms with Crippen LogP contribution in [0.15, 0.2) is 29.2 Å². The molecule has 0 spiro atoms. The summed E-state index contributed by atoms with van der Waals surface area (Å²) in [6.45, 7) is 1.95. The van der Waals surface area contributed by atoms with Crippen molar-refractivity contribution in [3.8, 4) is 0 Å². The molecule has 18 heavy (non-hydrogen) atoms. The van der Waals surface area contributed by atoms with Gasteiger partial charge in [-0.15, -0.1) is 11.8 Å². The molecule has 2 rings (SSSR count). The first-order chi connectivity index (χ1) is 8.81. The van der Waals surface area contributed by atoms with Crippen molar-refractivity contribution in [2.45, 2.75) is 30.2 Å². The highest BCUT2D eigenvalue weighted by molar-refractivity contribution is 7.98. The summed E-state index contributed by atoms with van der Waals surface area (Å²) in [6.07, 6.45) is 5.45. The lowest BCUT2D eigenvalue weighted by molar-refractivity contribution is 0.0932. The molecule has 1 unspecified atom stereocenters. The first kappa shape index (κ1) is 13.4. The van der Waals surface area contributed by atoms with E-state index in [1.165, 1.54) is 12.8 Å². The number of carbonyl (C=O) groups is 1. The molecule has 1 aromatic carbocycles. The number of thioether (sulfide) groups is 1. The molecule has 1 aliphatic heterocycles. The van der Waals surface area contributed by atoms with E-state index in [9.17, 15) is 4.79 Å². The Bertz CT molecular complexity index is 401. The number of nitrogens with one attached hydrogen (secondary N) is 2. The normalized spacial score (nSPS) is 20.2. The second-order valence-electron chi connectivity index (χ2n) is 4.57. The Morgan fingerprint density at radius 2 is 2.22 bits per heavy atom. The van der Waals surface area contributed by atoms with Crippen LogP contribution >= 0.6 is 11.8 Å². The first-order valence-electron chi connectivity index (χ1n) is 6.46. The Labute approximate surface area is 113 Å². The molecular weight excluding hydrogens is 244 g/mol. The van der Waals surface area contributed by atoms with Crippen LogP contribution in [0.2, 0.25) is 0 Å². The molecule has 0 radical (unpaired) electrons. The zero-order chi connectivity index (χ0) is 12.8. The predicted octanol–water partition coefficient (Wildman–Crippen LogP) is 2.28. The molecule has 1 atom stereocenters. The van der Waals surface area contributed by atoms with Gasteiger partial charge in [-0.05, 0) is 37.8 Å². The van der Waals surface area contributed by atoms with Crippen LogP contribution in [0.4, 0.5) is 0 Å². The van der Waals surface area contributed by atoms with E-state index in [0.717, 1.165) is 30.0 Å². The molecule has 1 aromatic rings. The van der Waals surface area contributed by atoms with Crippen LogP contribution in [-0.2, 0) is 0 Å². The van der Waals surface area contributed by atoms with Gasteiger partial charge in [0.15, 0.2) is 0 Å². The van der Waals surface area contributed by atoms with E-state index in [2.05, 4.69) is 10.6 Å². The van der Waals surface area contributed by atoms with Crippen LogP contribution in [0.3, 0.4) is 0 Å². The second-order valence-corrected chi connectivity index (χ2v) is 5.42. The smallest absolute Gasteiger partial charge is 0.252 e. The molecule has 1 amide bonds. The van der Waals surface area contributed by atoms with Crippen LogP contribution in [-0.4, -0.2) is 31.3 Å². The van der Waals surface area contributed by atoms with Crippen LogP contribution in [0.25, 0.3) is 0 Å². The minimum absolute atomic E-state index is 0.0497. The number of hydrogen-bond donors (Lipinski definition) is 2. The summed E-state index contributed by atoms with van der Waals surface area (Å²) in [4.78, 5) is 13.3. The molecule has 1 fully saturated rings. The van der Waals surface area contributed by atoms with E-state index in [1.807, 2.05) is 30.5 Å². The quantitative estimate of drug-likeness (QED) is 0.823. The number of hydrogen-bond acceptors (Lipinski definition) is 3. The third-order valence-electron chi connectivity index (χ3n) is 3.23. The molecule has 0 aliphatic carbocycles. The highest BCUT2D eigenvalue weighted by Crippen LogP contribution is 2.20. The Morgan fingerprint density at radius 1 is 1.39 bits per heavy atom. The van der Waals surface area contributed by atoms with Gasteiger partial charge in [0.05, 0.1) is 5.56 Å². The molecular formula is C14H20N2OS. The van der Waals surface area contributed by atoms with Crippen molar-refractivity contribution < 1.29 is 4.79 Å². The minimum atomic E-state index is 0.0497. The number of benzene rings is 1. The molecule has 1 aliphatic rings. The molecule has 0 aromatic heterocycles. The minimum Gasteiger partial charge on any atom is -0.348 e. The Balaban J connectivity index is 2.02. The van der Waals surface area contributed by atoms with E-state index in [0.29, 0.717) is 0 Å². The highest BCUT2D eigenvalue weighted by Gasteiger charge is 2.17. The van der Waals surface area contributed by atoms with Crippen molar-refractivity contribution in [1.82, 2.24) is 10.6 Å². The maximum absolute atomic E-state index is 12.3. The van der Waals surface area contributed by atoms with Crippen LogP contribution < -0.4 is 10.6 Å². The van der Waals surface area contributed by atoms with Crippen LogP contribution in [0.5, 0.6) is 0 Å². The molecule has 2 N–H and O–H groups in total. The van der Waals surface area contributed by atoms with Gasteiger partial charge in [0.25, 0.3) is 5.91 Å². The summed E-state index contributed by atoms with van der Waals surface area (Å²) in [7, 11) is 0. The standard InChI is InChI=1S/C14H20N2OS/c1-18-13-8-3-2-7-12(13)14(17)16-11-6-4-5-9-15-10-11/h2-3,7-8,11,15H,4-6,9-10H2,1H3,(H,16,17). The summed E-state index contributed by atoms with van der Waals surface area (Å²) >= 11 is 1.61. The number of amides is 1. The maximum atomic E-state index is 12.3. The average Bonchev–Trinajstić information content (AvgIpc) is 2.67. The molecule has 0 saturated carbocycles. The van der Waals surface area contributed by atoms with Crippen molar-refractivity contribution in [3.05, 3.63) is 29.8 Å². The molecule has 0 bridgehead atoms. The van der Waals surface area contributed by atoms with Crippen LogP contribution in [0, 0.1) is 0 Å². The van der Waals surface area contributed by atoms with E-state index in [4.69, 9.17) is 0 Å². The number of carbonyl (C=O) groups excluding carboxylic acids is 1. The zero-order valence-corrected chi connectivity index (χ0v) is 11.6. The second kappa shape index (κ2) is 6.81. The lowest BCUT2D eigenvalue weighted by Crippen LogP contribution is -2.41. The average molecular weight is 264 g/mol. The van der Waals surface area contributed by atoms with Crippen LogP contribution in [0.1, 0.15) is 29.6 Å². The maximum Gasteiger partial charge on any atom is 0.252 e. The predicted molar refractivity (Wildman–Crippen MR) is 76.2 cm³/mol. The molecule has 98 valence electrons. The fourth-order valence-electron chi connectivity index (χ4n) is 2.24. The van der Waals surface area contributed by atoms with Gasteiger partial charge in [0.2, 0.25) is 0 Å². The molecule has 3 nitrogen and oxygen atoms in total. The zero-order valence-electron chi connectivity index (χ0n) is 10.7. The van der Waals surface area contributed by atoms with Gasteiger partial charge in [-0.1, -0.05) is 18.6 Å². The monoisotopic (exact) mass is 264 g/mol. The van der Waals surface area contributed by atoms with Gasteiger partial charge in [-0.25, -0.2) is 0 Å². The summed E-state index contributed by atoms with van der Waals surface area (Å²) < 4.78 is 0. The van der Waals surface area contributed by atoms with Crippen molar-refractivity contribution >= 4 is 17.7 Å². The third kappa shape index (κ3) is 3.50. The topological polar surface area (TPSA) is 41.1 Å². The summed E-state index contributed by atoms with van der Waals surface area (Å²) in [5.41, 5.74) is 0.786. The molecule has 4 heteroatoms. The first-order valence-corrected chi connectivity index (χ1v) is 7.68. The van der Waals surface area contributed by atoms with Crippen molar-refractivity contribution in [1.29, 1.82) is 0 Å². The van der Waals surface area contributed by atoms with E-state index in [1.54, 1.807) is 11.8 Å². The SMILES string of the molecule is CSc1ccccc1C(=O)NC1CCCCNC1. The Morgan fingerprint density at radius 3 is 3.06 bits per heavy atom. The lowest BCUT2D eigenvalue weighted by atomic mass is 10.1. The van der Waals surface area contributed by atoms with E-state index >= 15 is 0 Å². The van der Waals surface area contributed by atoms with Crippen molar-refractivity contribution in [3.63, 3.8) is 0 Å². The summed E-state index contributed by atoms with van der Waals surface area (Å²) in [5, 5.41) is 6.50.